The van der Waals surface area contributed by atoms with E-state index in [1.165, 1.54) is 48.5 Å². The summed E-state index contributed by atoms with van der Waals surface area (Å²) in [6.45, 7) is 9.94. The van der Waals surface area contributed by atoms with Gasteiger partial charge in [0.1, 0.15) is 36.9 Å². The summed E-state index contributed by atoms with van der Waals surface area (Å²) in [4.78, 5) is 7.56. The lowest BCUT2D eigenvalue weighted by Crippen LogP contribution is -2.42. The van der Waals surface area contributed by atoms with E-state index in [1.54, 1.807) is 0 Å². The Morgan fingerprint density at radius 3 is 1.63 bits per heavy atom. The van der Waals surface area contributed by atoms with Crippen LogP contribution in [0.25, 0.3) is 0 Å². The second kappa shape index (κ2) is 19.7. The number of aryl methyl sites for hydroxylation is 1. The molecule has 0 aliphatic carbocycles. The first-order valence-electron chi connectivity index (χ1n) is 15.3. The quantitative estimate of drug-likeness (QED) is 0.146. The summed E-state index contributed by atoms with van der Waals surface area (Å²) in [7, 11) is 0. The average Bonchev–Trinajstić information content (AvgIpc) is 3.44. The van der Waals surface area contributed by atoms with Crippen LogP contribution in [0.15, 0.2) is 72.8 Å². The van der Waals surface area contributed by atoms with Crippen LogP contribution in [0.5, 0.6) is 11.5 Å². The maximum atomic E-state index is 10.7. The van der Waals surface area contributed by atoms with E-state index in [-0.39, 0.29) is 13.2 Å². The summed E-state index contributed by atoms with van der Waals surface area (Å²) < 4.78 is 11.5. The van der Waals surface area contributed by atoms with Crippen molar-refractivity contribution >= 4 is 11.3 Å². The number of hydrogen-bond acceptors (Lipinski definition) is 7. The minimum absolute atomic E-state index is 0.206. The van der Waals surface area contributed by atoms with Crippen LogP contribution < -0.4 is 9.47 Å². The van der Waals surface area contributed by atoms with Crippen molar-refractivity contribution in [2.45, 2.75) is 71.1 Å². The lowest BCUT2D eigenvalue weighted by atomic mass is 10.2. The molecule has 0 radical (unpaired) electrons. The Balaban J connectivity index is 1.50. The van der Waals surface area contributed by atoms with Gasteiger partial charge in [-0.3, -0.25) is 9.80 Å². The van der Waals surface area contributed by atoms with Gasteiger partial charge in [-0.05, 0) is 81.7 Å². The number of unbranched alkanes of at least 4 members (excludes halogenated alkanes) is 2. The summed E-state index contributed by atoms with van der Waals surface area (Å²) in [5, 5.41) is 21.5. The Hall–Kier alpha value is -2.42. The average molecular weight is 583 g/mol. The van der Waals surface area contributed by atoms with Crippen molar-refractivity contribution in [3.8, 4) is 11.5 Å². The van der Waals surface area contributed by atoms with Crippen LogP contribution >= 0.6 is 11.3 Å². The first-order valence-corrected chi connectivity index (χ1v) is 16.1. The number of benzene rings is 2. The third-order valence-corrected chi connectivity index (χ3v) is 8.09. The summed E-state index contributed by atoms with van der Waals surface area (Å²) in [6, 6.07) is 23.7. The predicted octanol–water partition coefficient (Wildman–Crippen LogP) is 6.26. The van der Waals surface area contributed by atoms with E-state index < -0.39 is 12.2 Å². The third-order valence-electron chi connectivity index (χ3n) is 6.96. The van der Waals surface area contributed by atoms with Crippen LogP contribution in [0.3, 0.4) is 0 Å². The lowest BCUT2D eigenvalue weighted by molar-refractivity contribution is 0.0310. The molecule has 0 bridgehead atoms. The van der Waals surface area contributed by atoms with Crippen LogP contribution in [-0.2, 0) is 13.0 Å². The first-order chi connectivity index (χ1) is 20.1. The number of para-hydroxylation sites is 2. The van der Waals surface area contributed by atoms with Gasteiger partial charge in [0.05, 0.1) is 0 Å². The summed E-state index contributed by atoms with van der Waals surface area (Å²) in [5.74, 6) is 1.48. The molecule has 0 amide bonds. The van der Waals surface area contributed by atoms with E-state index >= 15 is 0 Å². The van der Waals surface area contributed by atoms with Crippen molar-refractivity contribution in [3.05, 3.63) is 82.6 Å². The van der Waals surface area contributed by atoms with Crippen LogP contribution in [0.2, 0.25) is 0 Å². The van der Waals surface area contributed by atoms with E-state index in [2.05, 4.69) is 35.8 Å². The van der Waals surface area contributed by atoms with Gasteiger partial charge in [0, 0.05) is 29.4 Å². The van der Waals surface area contributed by atoms with Crippen molar-refractivity contribution in [2.75, 3.05) is 45.9 Å². The summed E-state index contributed by atoms with van der Waals surface area (Å²) >= 11 is 1.92. The van der Waals surface area contributed by atoms with Gasteiger partial charge >= 0.3 is 0 Å². The molecule has 2 unspecified atom stereocenters. The molecule has 3 aromatic rings. The van der Waals surface area contributed by atoms with Crippen LogP contribution in [0.4, 0.5) is 0 Å². The molecule has 1 aromatic heterocycles. The normalized spacial score (nSPS) is 13.0. The van der Waals surface area contributed by atoms with Gasteiger partial charge in [0.15, 0.2) is 0 Å². The molecular weight excluding hydrogens is 532 g/mol. The molecule has 0 aliphatic heterocycles. The minimum atomic E-state index is -0.664. The zero-order valence-corrected chi connectivity index (χ0v) is 25.8. The van der Waals surface area contributed by atoms with Crippen LogP contribution in [-0.4, -0.2) is 78.2 Å². The molecule has 6 nitrogen and oxygen atoms in total. The van der Waals surface area contributed by atoms with Crippen molar-refractivity contribution in [1.82, 2.24) is 9.80 Å². The number of rotatable bonds is 22. The topological polar surface area (TPSA) is 65.4 Å². The number of thiophene rings is 1. The van der Waals surface area contributed by atoms with Crippen molar-refractivity contribution in [3.63, 3.8) is 0 Å². The molecule has 2 N–H and O–H groups in total. The summed E-state index contributed by atoms with van der Waals surface area (Å²) in [5.41, 5.74) is 0. The molecule has 2 aromatic carbocycles. The second-order valence-corrected chi connectivity index (χ2v) is 12.0. The molecular formula is C34H50N2O4S. The third kappa shape index (κ3) is 13.9. The molecule has 0 spiro atoms. The number of ether oxygens (including phenoxy) is 2. The Morgan fingerprint density at radius 1 is 0.634 bits per heavy atom. The fraction of sp³-hybridized carbons (Fsp3) is 0.529. The molecule has 226 valence electrons. The number of aliphatic hydroxyl groups excluding tert-OH is 2. The molecule has 1 heterocycles. The molecule has 0 saturated heterocycles. The standard InChI is InChI=1S/C34H50N2O4S/c1-3-5-21-35(22-6-4-2)26-34-20-19-33(41-34)18-13-23-36(24-29(37)27-39-31-14-9-7-10-15-31)25-30(38)28-40-32-16-11-8-12-17-32/h7-12,14-17,19-20,29-30,37-38H,3-6,13,18,21-28H2,1-2H3. The van der Waals surface area contributed by atoms with Crippen LogP contribution in [0, 0.1) is 0 Å². The number of nitrogens with zero attached hydrogens (tertiary/aromatic N) is 2. The van der Waals surface area contributed by atoms with Crippen LogP contribution in [0.1, 0.15) is 55.7 Å². The first kappa shape index (κ1) is 33.1. The fourth-order valence-corrected chi connectivity index (χ4v) is 5.85. The minimum Gasteiger partial charge on any atom is -0.491 e. The van der Waals surface area contributed by atoms with E-state index in [9.17, 15) is 10.2 Å². The number of hydrogen-bond donors (Lipinski definition) is 2. The number of aliphatic hydroxyl groups is 2. The van der Waals surface area contributed by atoms with E-state index in [0.29, 0.717) is 13.1 Å². The smallest absolute Gasteiger partial charge is 0.119 e. The molecule has 3 rings (SSSR count). The van der Waals surface area contributed by atoms with Gasteiger partial charge in [-0.25, -0.2) is 0 Å². The zero-order valence-electron chi connectivity index (χ0n) is 25.0. The maximum Gasteiger partial charge on any atom is 0.119 e. The highest BCUT2D eigenvalue weighted by Crippen LogP contribution is 2.21. The highest BCUT2D eigenvalue weighted by atomic mass is 32.1. The molecule has 7 heteroatoms. The highest BCUT2D eigenvalue weighted by Gasteiger charge is 2.17. The largest absolute Gasteiger partial charge is 0.491 e. The van der Waals surface area contributed by atoms with Crippen molar-refractivity contribution in [1.29, 1.82) is 0 Å². The van der Waals surface area contributed by atoms with Crippen molar-refractivity contribution < 1.29 is 19.7 Å². The van der Waals surface area contributed by atoms with Gasteiger partial charge in [-0.2, -0.15) is 0 Å². The molecule has 0 aliphatic rings. The van der Waals surface area contributed by atoms with Gasteiger partial charge < -0.3 is 19.7 Å². The Kier molecular flexibility index (Phi) is 15.9. The van der Waals surface area contributed by atoms with Gasteiger partial charge in [0.25, 0.3) is 0 Å². The zero-order chi connectivity index (χ0) is 29.1. The molecule has 2 atom stereocenters. The van der Waals surface area contributed by atoms with Crippen molar-refractivity contribution in [2.24, 2.45) is 0 Å². The Labute approximate surface area is 251 Å². The van der Waals surface area contributed by atoms with E-state index in [1.807, 2.05) is 72.0 Å². The SMILES string of the molecule is CCCCN(CCCC)Cc1ccc(CCCN(CC(O)COc2ccccc2)CC(O)COc2ccccc2)s1. The highest BCUT2D eigenvalue weighted by molar-refractivity contribution is 7.11. The van der Waals surface area contributed by atoms with E-state index in [0.717, 1.165) is 37.4 Å². The lowest BCUT2D eigenvalue weighted by Gasteiger charge is -2.27. The Morgan fingerprint density at radius 2 is 1.12 bits per heavy atom. The molecule has 0 saturated carbocycles. The van der Waals surface area contributed by atoms with E-state index in [4.69, 9.17) is 9.47 Å². The predicted molar refractivity (Wildman–Crippen MR) is 170 cm³/mol. The monoisotopic (exact) mass is 582 g/mol. The second-order valence-electron chi connectivity index (χ2n) is 10.8. The van der Waals surface area contributed by atoms with Gasteiger partial charge in [-0.1, -0.05) is 63.1 Å². The molecule has 41 heavy (non-hydrogen) atoms. The molecule has 0 fully saturated rings. The maximum absolute atomic E-state index is 10.7. The summed E-state index contributed by atoms with van der Waals surface area (Å²) in [6.07, 6.45) is 5.58. The van der Waals surface area contributed by atoms with Gasteiger partial charge in [0.2, 0.25) is 0 Å². The fourth-order valence-electron chi connectivity index (χ4n) is 4.75. The van der Waals surface area contributed by atoms with Gasteiger partial charge in [-0.15, -0.1) is 11.3 Å². The Bertz CT molecular complexity index is 990.